The van der Waals surface area contributed by atoms with Crippen LogP contribution in [0.2, 0.25) is 0 Å². The minimum absolute atomic E-state index is 0.222. The maximum absolute atomic E-state index is 12.9. The molecule has 4 rings (SSSR count). The molecule has 27 heavy (non-hydrogen) atoms. The molecule has 0 saturated heterocycles. The first-order chi connectivity index (χ1) is 13.2. The molecule has 9 heteroatoms. The van der Waals surface area contributed by atoms with E-state index in [1.165, 1.54) is 37.1 Å². The van der Waals surface area contributed by atoms with Crippen LogP contribution in [0.1, 0.15) is 5.76 Å². The fraction of sp³-hybridized carbons (Fsp3) is 0.167. The lowest BCUT2D eigenvalue weighted by atomic mass is 10.1. The van der Waals surface area contributed by atoms with Crippen LogP contribution in [-0.2, 0) is 0 Å². The van der Waals surface area contributed by atoms with Gasteiger partial charge in [-0.15, -0.1) is 10.2 Å². The molecular weight excluding hydrogens is 370 g/mol. The molecule has 3 heterocycles. The number of rotatable bonds is 5. The third-order valence-corrected chi connectivity index (χ3v) is 4.95. The topological polar surface area (TPSA) is 88.1 Å². The Balaban J connectivity index is 1.93. The van der Waals surface area contributed by atoms with Gasteiger partial charge in [0.25, 0.3) is 5.56 Å². The number of fused-ring (bicyclic) bond motifs is 1. The molecule has 0 aliphatic heterocycles. The van der Waals surface area contributed by atoms with E-state index in [4.69, 9.17) is 18.6 Å². The fourth-order valence-corrected chi connectivity index (χ4v) is 3.65. The second-order valence-electron chi connectivity index (χ2n) is 5.49. The first-order valence-electron chi connectivity index (χ1n) is 7.89. The second kappa shape index (κ2) is 6.76. The van der Waals surface area contributed by atoms with Gasteiger partial charge in [-0.3, -0.25) is 4.79 Å². The third kappa shape index (κ3) is 2.81. The lowest BCUT2D eigenvalue weighted by Gasteiger charge is -2.13. The van der Waals surface area contributed by atoms with E-state index in [1.54, 1.807) is 36.6 Å². The van der Waals surface area contributed by atoms with Gasteiger partial charge >= 0.3 is 0 Å². The predicted octanol–water partition coefficient (Wildman–Crippen LogP) is 1.98. The molecule has 8 nitrogen and oxygen atoms in total. The van der Waals surface area contributed by atoms with Crippen molar-refractivity contribution in [2.75, 3.05) is 21.3 Å². The molecule has 0 atom stereocenters. The summed E-state index contributed by atoms with van der Waals surface area (Å²) in [7, 11) is 4.59. The third-order valence-electron chi connectivity index (χ3n) is 3.99. The van der Waals surface area contributed by atoms with Crippen molar-refractivity contribution in [2.24, 2.45) is 0 Å². The largest absolute Gasteiger partial charge is 0.493 e. The van der Waals surface area contributed by atoms with Crippen LogP contribution in [0.15, 0.2) is 39.7 Å². The quantitative estimate of drug-likeness (QED) is 0.519. The average molecular weight is 385 g/mol. The Morgan fingerprint density at radius 2 is 1.85 bits per heavy atom. The Labute approximate surface area is 157 Å². The summed E-state index contributed by atoms with van der Waals surface area (Å²) in [5.41, 5.74) is 0.400. The van der Waals surface area contributed by atoms with Crippen molar-refractivity contribution in [3.05, 3.63) is 51.2 Å². The zero-order valence-corrected chi connectivity index (χ0v) is 15.6. The highest BCUT2D eigenvalue weighted by Crippen LogP contribution is 2.40. The van der Waals surface area contributed by atoms with E-state index in [-0.39, 0.29) is 5.56 Å². The summed E-state index contributed by atoms with van der Waals surface area (Å²) in [5, 5.41) is 8.29. The highest BCUT2D eigenvalue weighted by atomic mass is 32.1. The summed E-state index contributed by atoms with van der Waals surface area (Å²) in [6, 6.07) is 6.99. The summed E-state index contributed by atoms with van der Waals surface area (Å²) < 4.78 is 23.3. The molecule has 0 saturated carbocycles. The number of ether oxygens (including phenoxy) is 3. The van der Waals surface area contributed by atoms with E-state index >= 15 is 0 Å². The first-order valence-corrected chi connectivity index (χ1v) is 8.71. The molecule has 4 aromatic rings. The molecule has 0 spiro atoms. The van der Waals surface area contributed by atoms with E-state index in [0.29, 0.717) is 43.9 Å². The van der Waals surface area contributed by atoms with Crippen molar-refractivity contribution >= 4 is 22.4 Å². The summed E-state index contributed by atoms with van der Waals surface area (Å²) in [6.45, 7) is 0. The second-order valence-corrected chi connectivity index (χ2v) is 6.50. The van der Waals surface area contributed by atoms with E-state index in [9.17, 15) is 4.79 Å². The van der Waals surface area contributed by atoms with Gasteiger partial charge in [0.15, 0.2) is 17.3 Å². The van der Waals surface area contributed by atoms with Crippen LogP contribution in [0.5, 0.6) is 17.2 Å². The number of furan rings is 1. The predicted molar refractivity (Wildman–Crippen MR) is 99.7 cm³/mol. The molecule has 1 aromatic carbocycles. The number of thiazole rings is 1. The van der Waals surface area contributed by atoms with Crippen LogP contribution in [0.4, 0.5) is 0 Å². The Morgan fingerprint density at radius 1 is 1.11 bits per heavy atom. The number of hydrogen-bond acceptors (Lipinski definition) is 8. The molecular formula is C18H15N3O5S. The van der Waals surface area contributed by atoms with Gasteiger partial charge < -0.3 is 18.6 Å². The normalized spacial score (nSPS) is 11.9. The molecule has 0 unspecified atom stereocenters. The number of benzene rings is 1. The zero-order chi connectivity index (χ0) is 19.0. The highest BCUT2D eigenvalue weighted by Gasteiger charge is 2.19. The zero-order valence-electron chi connectivity index (χ0n) is 14.8. The smallest absolute Gasteiger partial charge is 0.276 e. The van der Waals surface area contributed by atoms with Crippen LogP contribution >= 0.6 is 11.3 Å². The van der Waals surface area contributed by atoms with Gasteiger partial charge in [0.05, 0.1) is 27.6 Å². The lowest BCUT2D eigenvalue weighted by molar-refractivity contribution is 0.324. The SMILES string of the molecule is COc1cc(-c2nnc3s/c(=C/c4ccco4)c(=O)n23)cc(OC)c1OC. The highest BCUT2D eigenvalue weighted by molar-refractivity contribution is 7.15. The van der Waals surface area contributed by atoms with Gasteiger partial charge in [-0.05, 0) is 24.3 Å². The van der Waals surface area contributed by atoms with E-state index < -0.39 is 0 Å². The summed E-state index contributed by atoms with van der Waals surface area (Å²) in [6.07, 6.45) is 3.23. The van der Waals surface area contributed by atoms with Crippen LogP contribution in [0.3, 0.4) is 0 Å². The molecule has 0 bridgehead atoms. The van der Waals surface area contributed by atoms with Gasteiger partial charge in [-0.1, -0.05) is 11.3 Å². The van der Waals surface area contributed by atoms with Gasteiger partial charge in [-0.2, -0.15) is 0 Å². The minimum Gasteiger partial charge on any atom is -0.493 e. The van der Waals surface area contributed by atoms with Gasteiger partial charge in [0, 0.05) is 11.6 Å². The lowest BCUT2D eigenvalue weighted by Crippen LogP contribution is -2.23. The fourth-order valence-electron chi connectivity index (χ4n) is 2.76. The molecule has 0 amide bonds. The Bertz CT molecular complexity index is 1190. The van der Waals surface area contributed by atoms with Gasteiger partial charge in [0.1, 0.15) is 10.3 Å². The van der Waals surface area contributed by atoms with Gasteiger partial charge in [0.2, 0.25) is 10.7 Å². The van der Waals surface area contributed by atoms with E-state index in [2.05, 4.69) is 10.2 Å². The number of nitrogens with zero attached hydrogens (tertiary/aromatic N) is 3. The molecule has 0 fully saturated rings. The molecule has 0 aliphatic carbocycles. The summed E-state index contributed by atoms with van der Waals surface area (Å²) in [5.74, 6) is 2.38. The number of hydrogen-bond donors (Lipinski definition) is 0. The van der Waals surface area contributed by atoms with Gasteiger partial charge in [-0.25, -0.2) is 4.40 Å². The van der Waals surface area contributed by atoms with E-state index in [1.807, 2.05) is 0 Å². The Hall–Kier alpha value is -3.33. The van der Waals surface area contributed by atoms with Crippen LogP contribution in [0, 0.1) is 0 Å². The molecule has 0 N–H and O–H groups in total. The van der Waals surface area contributed by atoms with Crippen LogP contribution in [0.25, 0.3) is 22.4 Å². The maximum Gasteiger partial charge on any atom is 0.276 e. The molecule has 138 valence electrons. The summed E-state index contributed by atoms with van der Waals surface area (Å²) in [4.78, 5) is 13.4. The maximum atomic E-state index is 12.9. The van der Waals surface area contributed by atoms with Crippen molar-refractivity contribution in [3.63, 3.8) is 0 Å². The van der Waals surface area contributed by atoms with Crippen LogP contribution < -0.4 is 24.3 Å². The molecule has 0 aliphatic rings. The van der Waals surface area contributed by atoms with Crippen LogP contribution in [-0.4, -0.2) is 35.9 Å². The Kier molecular flexibility index (Phi) is 4.28. The monoisotopic (exact) mass is 385 g/mol. The standard InChI is InChI=1S/C18H15N3O5S/c1-23-12-7-10(8-13(24-2)15(12)25-3)16-19-20-18-21(16)17(22)14(27-18)9-11-5-4-6-26-11/h4-9H,1-3H3/b14-9+. The molecule has 3 aromatic heterocycles. The van der Waals surface area contributed by atoms with E-state index in [0.717, 1.165) is 0 Å². The summed E-state index contributed by atoms with van der Waals surface area (Å²) >= 11 is 1.24. The number of methoxy groups -OCH3 is 3. The Morgan fingerprint density at radius 3 is 2.44 bits per heavy atom. The number of aromatic nitrogens is 3. The van der Waals surface area contributed by atoms with Crippen molar-refractivity contribution in [2.45, 2.75) is 0 Å². The van der Waals surface area contributed by atoms with Crippen molar-refractivity contribution < 1.29 is 18.6 Å². The first kappa shape index (κ1) is 17.1. The molecule has 0 radical (unpaired) electrons. The minimum atomic E-state index is -0.222. The van der Waals surface area contributed by atoms with Crippen molar-refractivity contribution in [1.82, 2.24) is 14.6 Å². The van der Waals surface area contributed by atoms with Crippen molar-refractivity contribution in [3.8, 4) is 28.6 Å². The average Bonchev–Trinajstić information content (AvgIpc) is 3.41. The van der Waals surface area contributed by atoms with Crippen molar-refractivity contribution in [1.29, 1.82) is 0 Å².